The predicted molar refractivity (Wildman–Crippen MR) is 138 cm³/mol. The van der Waals surface area contributed by atoms with Crippen LogP contribution in [0.5, 0.6) is 0 Å². The molecule has 0 unspecified atom stereocenters. The summed E-state index contributed by atoms with van der Waals surface area (Å²) in [5, 5.41) is 3.31. The molecule has 2 atom stereocenters. The molecule has 0 bridgehead atoms. The summed E-state index contributed by atoms with van der Waals surface area (Å²) in [6.45, 7) is 7.16. The fourth-order valence-electron chi connectivity index (χ4n) is 3.39. The first-order valence-electron chi connectivity index (χ1n) is 11.3. The van der Waals surface area contributed by atoms with E-state index in [-0.39, 0.29) is 18.5 Å². The van der Waals surface area contributed by atoms with Gasteiger partial charge in [-0.2, -0.15) is 0 Å². The monoisotopic (exact) mass is 507 g/mol. The zero-order valence-corrected chi connectivity index (χ0v) is 22.0. The first-order chi connectivity index (χ1) is 15.9. The fraction of sp³-hybridized carbons (Fsp3) is 0.440. The van der Waals surface area contributed by atoms with Crippen molar-refractivity contribution in [3.63, 3.8) is 0 Å². The molecular formula is C25H34ClN3O4S. The Labute approximate surface area is 208 Å². The molecule has 0 fully saturated rings. The number of nitrogens with zero attached hydrogens (tertiary/aromatic N) is 2. The van der Waals surface area contributed by atoms with Crippen LogP contribution in [0.4, 0.5) is 5.69 Å². The Hall–Kier alpha value is -2.58. The summed E-state index contributed by atoms with van der Waals surface area (Å²) < 4.78 is 26.2. The molecule has 1 N–H and O–H groups in total. The number of anilines is 1. The van der Waals surface area contributed by atoms with Gasteiger partial charge in [0.05, 0.1) is 11.9 Å². The number of benzene rings is 2. The van der Waals surface area contributed by atoms with Crippen molar-refractivity contribution < 1.29 is 18.0 Å². The highest BCUT2D eigenvalue weighted by molar-refractivity contribution is 7.92. The van der Waals surface area contributed by atoms with Gasteiger partial charge in [-0.1, -0.05) is 54.9 Å². The number of halogens is 1. The zero-order valence-electron chi connectivity index (χ0n) is 20.4. The fourth-order valence-corrected chi connectivity index (χ4v) is 4.40. The lowest BCUT2D eigenvalue weighted by Crippen LogP contribution is -2.53. The maximum Gasteiger partial charge on any atom is 0.244 e. The van der Waals surface area contributed by atoms with Gasteiger partial charge in [-0.15, -0.1) is 0 Å². The number of hydrogen-bond acceptors (Lipinski definition) is 4. The lowest BCUT2D eigenvalue weighted by atomic mass is 10.1. The van der Waals surface area contributed by atoms with Gasteiger partial charge in [-0.25, -0.2) is 8.42 Å². The van der Waals surface area contributed by atoms with Gasteiger partial charge in [0, 0.05) is 17.6 Å². The number of carbonyl (C=O) groups excluding carboxylic acids is 2. The summed E-state index contributed by atoms with van der Waals surface area (Å²) in [4.78, 5) is 27.7. The molecule has 2 aromatic carbocycles. The van der Waals surface area contributed by atoms with Crippen LogP contribution in [0.15, 0.2) is 48.5 Å². The third-order valence-electron chi connectivity index (χ3n) is 5.78. The van der Waals surface area contributed by atoms with Crippen LogP contribution in [0.3, 0.4) is 0 Å². The summed E-state index contributed by atoms with van der Waals surface area (Å²) in [5.41, 5.74) is 2.11. The van der Waals surface area contributed by atoms with Gasteiger partial charge in [-0.05, 0) is 56.9 Å². The number of carbonyl (C=O) groups is 2. The molecule has 0 aliphatic rings. The second-order valence-corrected chi connectivity index (χ2v) is 10.8. The van der Waals surface area contributed by atoms with E-state index in [1.807, 2.05) is 51.1 Å². The number of amides is 2. The Morgan fingerprint density at radius 2 is 1.74 bits per heavy atom. The summed E-state index contributed by atoms with van der Waals surface area (Å²) in [5.74, 6) is -0.745. The number of hydrogen-bond donors (Lipinski definition) is 1. The smallest absolute Gasteiger partial charge is 0.244 e. The Kier molecular flexibility index (Phi) is 9.94. The minimum Gasteiger partial charge on any atom is -0.352 e. The van der Waals surface area contributed by atoms with Crippen LogP contribution in [-0.2, 0) is 26.0 Å². The SMILES string of the molecule is CC[C@H](C)NC(=O)[C@@H](C)N(CCc1ccccc1)C(=O)CN(c1ccc(C)c(Cl)c1)S(C)(=O)=O. The molecule has 2 rings (SSSR count). The van der Waals surface area contributed by atoms with Crippen LogP contribution >= 0.6 is 11.6 Å². The van der Waals surface area contributed by atoms with Gasteiger partial charge in [0.1, 0.15) is 12.6 Å². The van der Waals surface area contributed by atoms with Crippen molar-refractivity contribution in [2.75, 3.05) is 23.7 Å². The second kappa shape index (κ2) is 12.2. The summed E-state index contributed by atoms with van der Waals surface area (Å²) in [7, 11) is -3.79. The van der Waals surface area contributed by atoms with E-state index < -0.39 is 28.5 Å². The van der Waals surface area contributed by atoms with Crippen molar-refractivity contribution in [1.82, 2.24) is 10.2 Å². The molecule has 0 radical (unpaired) electrons. The van der Waals surface area contributed by atoms with Crippen molar-refractivity contribution >= 4 is 39.1 Å². The van der Waals surface area contributed by atoms with E-state index in [2.05, 4.69) is 5.32 Å². The van der Waals surface area contributed by atoms with E-state index in [1.165, 1.54) is 11.0 Å². The molecule has 0 aliphatic carbocycles. The van der Waals surface area contributed by atoms with Gasteiger partial charge >= 0.3 is 0 Å². The van der Waals surface area contributed by atoms with E-state index in [1.54, 1.807) is 19.1 Å². The molecule has 2 amide bonds. The molecule has 2 aromatic rings. The van der Waals surface area contributed by atoms with Crippen LogP contribution in [0, 0.1) is 6.92 Å². The Morgan fingerprint density at radius 3 is 2.29 bits per heavy atom. The van der Waals surface area contributed by atoms with E-state index in [9.17, 15) is 18.0 Å². The predicted octanol–water partition coefficient (Wildman–Crippen LogP) is 3.79. The summed E-state index contributed by atoms with van der Waals surface area (Å²) >= 11 is 6.21. The van der Waals surface area contributed by atoms with Crippen LogP contribution in [0.1, 0.15) is 38.3 Å². The van der Waals surface area contributed by atoms with E-state index in [0.29, 0.717) is 17.1 Å². The first kappa shape index (κ1) is 27.7. The molecule has 0 aliphatic heterocycles. The minimum absolute atomic E-state index is 0.0387. The summed E-state index contributed by atoms with van der Waals surface area (Å²) in [6, 6.07) is 13.7. The van der Waals surface area contributed by atoms with Crippen molar-refractivity contribution in [2.45, 2.75) is 52.6 Å². The summed E-state index contributed by atoms with van der Waals surface area (Å²) in [6.07, 6.45) is 2.33. The maximum atomic E-state index is 13.5. The van der Waals surface area contributed by atoms with Gasteiger partial charge in [0.25, 0.3) is 0 Å². The van der Waals surface area contributed by atoms with Crippen molar-refractivity contribution in [2.24, 2.45) is 0 Å². The van der Waals surface area contributed by atoms with Crippen molar-refractivity contribution in [3.05, 3.63) is 64.7 Å². The molecule has 186 valence electrons. The number of aryl methyl sites for hydroxylation is 1. The average molecular weight is 508 g/mol. The Bertz CT molecular complexity index is 1090. The Morgan fingerprint density at radius 1 is 1.09 bits per heavy atom. The molecule has 0 saturated heterocycles. The third-order valence-corrected chi connectivity index (χ3v) is 7.32. The molecule has 0 spiro atoms. The lowest BCUT2D eigenvalue weighted by molar-refractivity contribution is -0.139. The topological polar surface area (TPSA) is 86.8 Å². The van der Waals surface area contributed by atoms with Gasteiger partial charge in [-0.3, -0.25) is 13.9 Å². The van der Waals surface area contributed by atoms with E-state index in [0.717, 1.165) is 28.1 Å². The highest BCUT2D eigenvalue weighted by atomic mass is 35.5. The van der Waals surface area contributed by atoms with Crippen molar-refractivity contribution in [3.8, 4) is 0 Å². The molecular weight excluding hydrogens is 474 g/mol. The highest BCUT2D eigenvalue weighted by Crippen LogP contribution is 2.25. The second-order valence-electron chi connectivity index (χ2n) is 8.52. The molecule has 7 nitrogen and oxygen atoms in total. The van der Waals surface area contributed by atoms with Crippen LogP contribution in [-0.4, -0.2) is 56.6 Å². The largest absolute Gasteiger partial charge is 0.352 e. The van der Waals surface area contributed by atoms with Crippen LogP contribution in [0.2, 0.25) is 5.02 Å². The molecule has 0 saturated carbocycles. The van der Waals surface area contributed by atoms with E-state index in [4.69, 9.17) is 11.6 Å². The third kappa shape index (κ3) is 7.74. The highest BCUT2D eigenvalue weighted by Gasteiger charge is 2.30. The number of nitrogens with one attached hydrogen (secondary N) is 1. The number of sulfonamides is 1. The first-order valence-corrected chi connectivity index (χ1v) is 13.5. The molecule has 9 heteroatoms. The maximum absolute atomic E-state index is 13.5. The van der Waals surface area contributed by atoms with Crippen molar-refractivity contribution in [1.29, 1.82) is 0 Å². The van der Waals surface area contributed by atoms with Crippen LogP contribution in [0.25, 0.3) is 0 Å². The van der Waals surface area contributed by atoms with Gasteiger partial charge in [0.15, 0.2) is 0 Å². The Balaban J connectivity index is 2.33. The normalized spacial score (nSPS) is 13.1. The lowest BCUT2D eigenvalue weighted by Gasteiger charge is -2.32. The minimum atomic E-state index is -3.79. The van der Waals surface area contributed by atoms with Gasteiger partial charge < -0.3 is 10.2 Å². The molecule has 34 heavy (non-hydrogen) atoms. The van der Waals surface area contributed by atoms with Crippen LogP contribution < -0.4 is 9.62 Å². The molecule has 0 heterocycles. The van der Waals surface area contributed by atoms with Gasteiger partial charge in [0.2, 0.25) is 21.8 Å². The number of rotatable bonds is 11. The quantitative estimate of drug-likeness (QED) is 0.501. The zero-order chi connectivity index (χ0) is 25.5. The molecule has 0 aromatic heterocycles. The standard InChI is InChI=1S/C25H34ClN3O4S/c1-6-19(3)27-25(31)20(4)28(15-14-21-10-8-7-9-11-21)24(30)17-29(34(5,32)33)22-13-12-18(2)23(26)16-22/h7-13,16,19-20H,6,14-15,17H2,1-5H3,(H,27,31)/t19-,20+/m0/s1. The average Bonchev–Trinajstić information content (AvgIpc) is 2.79. The van der Waals surface area contributed by atoms with E-state index >= 15 is 0 Å².